The molecule has 0 unspecified atom stereocenters. The molecule has 0 saturated carbocycles. The number of halogens is 3. The largest absolute Gasteiger partial charge is 0.449 e. The minimum Gasteiger partial charge on any atom is -0.390 e. The zero-order valence-electron chi connectivity index (χ0n) is 13.5. The molecule has 0 spiro atoms. The molecule has 5 nitrogen and oxygen atoms in total. The monoisotopic (exact) mass is 342 g/mol. The van der Waals surface area contributed by atoms with Crippen LogP contribution in [0.3, 0.4) is 0 Å². The van der Waals surface area contributed by atoms with E-state index < -0.39 is 18.1 Å². The van der Waals surface area contributed by atoms with Crippen LogP contribution in [0.15, 0.2) is 24.3 Å². The van der Waals surface area contributed by atoms with Crippen molar-refractivity contribution in [3.63, 3.8) is 0 Å². The van der Waals surface area contributed by atoms with Crippen LogP contribution in [0.4, 0.5) is 13.2 Å². The average molecular weight is 342 g/mol. The molecule has 0 bridgehead atoms. The molecule has 0 amide bonds. The first kappa shape index (κ1) is 17.2. The molecule has 0 radical (unpaired) electrons. The number of hydrogen-bond donors (Lipinski definition) is 1. The van der Waals surface area contributed by atoms with Gasteiger partial charge in [0.1, 0.15) is 0 Å². The van der Waals surface area contributed by atoms with Crippen molar-refractivity contribution in [2.24, 2.45) is 0 Å². The second kappa shape index (κ2) is 6.70. The van der Waals surface area contributed by atoms with Gasteiger partial charge in [-0.05, 0) is 19.2 Å². The first-order valence-electron chi connectivity index (χ1n) is 7.96. The number of piperazine rings is 1. The Morgan fingerprint density at radius 1 is 1.12 bits per heavy atom. The Morgan fingerprint density at radius 3 is 2.46 bits per heavy atom. The van der Waals surface area contributed by atoms with Crippen molar-refractivity contribution < 1.29 is 18.3 Å². The van der Waals surface area contributed by atoms with Crippen LogP contribution in [-0.4, -0.2) is 70.3 Å². The normalized spacial score (nSPS) is 19.0. The average Bonchev–Trinajstić information content (AvgIpc) is 2.89. The third kappa shape index (κ3) is 3.71. The second-order valence-corrected chi connectivity index (χ2v) is 6.29. The van der Waals surface area contributed by atoms with Crippen molar-refractivity contribution in [2.45, 2.75) is 18.8 Å². The van der Waals surface area contributed by atoms with Crippen molar-refractivity contribution in [3.8, 4) is 0 Å². The van der Waals surface area contributed by atoms with Gasteiger partial charge >= 0.3 is 6.18 Å². The van der Waals surface area contributed by atoms with Gasteiger partial charge in [-0.25, -0.2) is 4.98 Å². The summed E-state index contributed by atoms with van der Waals surface area (Å²) in [5.41, 5.74) is 0.680. The number of para-hydroxylation sites is 2. The number of aromatic nitrogens is 2. The number of rotatable bonds is 4. The van der Waals surface area contributed by atoms with E-state index in [0.29, 0.717) is 12.1 Å². The number of alkyl halides is 3. The van der Waals surface area contributed by atoms with E-state index in [9.17, 15) is 18.3 Å². The highest BCUT2D eigenvalue weighted by Gasteiger charge is 2.38. The summed E-state index contributed by atoms with van der Waals surface area (Å²) in [5.74, 6) is -0.957. The molecule has 1 N–H and O–H groups in total. The van der Waals surface area contributed by atoms with Gasteiger partial charge in [0.15, 0.2) is 0 Å². The summed E-state index contributed by atoms with van der Waals surface area (Å²) in [6, 6.07) is 6.47. The van der Waals surface area contributed by atoms with Gasteiger partial charge in [-0.15, -0.1) is 0 Å². The van der Waals surface area contributed by atoms with Crippen LogP contribution in [0, 0.1) is 0 Å². The fourth-order valence-electron chi connectivity index (χ4n) is 3.07. The lowest BCUT2D eigenvalue weighted by Gasteiger charge is -2.33. The zero-order chi connectivity index (χ0) is 17.3. The van der Waals surface area contributed by atoms with Gasteiger partial charge < -0.3 is 14.6 Å². The van der Waals surface area contributed by atoms with Gasteiger partial charge in [0, 0.05) is 32.7 Å². The first-order valence-corrected chi connectivity index (χ1v) is 7.96. The minimum absolute atomic E-state index is 0.123. The summed E-state index contributed by atoms with van der Waals surface area (Å²) >= 11 is 0. The molecule has 24 heavy (non-hydrogen) atoms. The number of likely N-dealkylation sites (N-methyl/N-ethyl adjacent to an activating group) is 1. The zero-order valence-corrected chi connectivity index (χ0v) is 13.5. The van der Waals surface area contributed by atoms with E-state index in [0.717, 1.165) is 30.7 Å². The summed E-state index contributed by atoms with van der Waals surface area (Å²) in [5, 5.41) is 10.3. The molecule has 8 heteroatoms. The number of fused-ring (bicyclic) bond motifs is 1. The summed E-state index contributed by atoms with van der Waals surface area (Å²) in [7, 11) is 2.03. The van der Waals surface area contributed by atoms with Crippen molar-refractivity contribution >= 4 is 11.0 Å². The lowest BCUT2D eigenvalue weighted by atomic mass is 10.2. The Labute approximate surface area is 138 Å². The van der Waals surface area contributed by atoms with Crippen molar-refractivity contribution in [1.29, 1.82) is 0 Å². The molecule has 1 aromatic heterocycles. The minimum atomic E-state index is -4.55. The summed E-state index contributed by atoms with van der Waals surface area (Å²) in [6.45, 7) is 3.65. The highest BCUT2D eigenvalue weighted by Crippen LogP contribution is 2.31. The van der Waals surface area contributed by atoms with Gasteiger partial charge in [0.2, 0.25) is 5.82 Å². The third-order valence-electron chi connectivity index (χ3n) is 4.37. The SMILES string of the molecule is CN1CCN(C[C@H](O)Cn2c(C(F)(F)F)nc3ccccc32)CC1. The van der Waals surface area contributed by atoms with Crippen LogP contribution in [0.25, 0.3) is 11.0 Å². The van der Waals surface area contributed by atoms with Gasteiger partial charge in [-0.1, -0.05) is 12.1 Å². The van der Waals surface area contributed by atoms with E-state index in [2.05, 4.69) is 14.8 Å². The number of hydrogen-bond acceptors (Lipinski definition) is 4. The van der Waals surface area contributed by atoms with E-state index in [-0.39, 0.29) is 12.1 Å². The molecule has 1 aliphatic heterocycles. The van der Waals surface area contributed by atoms with Gasteiger partial charge in [-0.2, -0.15) is 13.2 Å². The summed E-state index contributed by atoms with van der Waals surface area (Å²) in [4.78, 5) is 7.97. The molecule has 1 saturated heterocycles. The molecular formula is C16H21F3N4O. The molecular weight excluding hydrogens is 321 g/mol. The lowest BCUT2D eigenvalue weighted by Crippen LogP contribution is -2.47. The maximum absolute atomic E-state index is 13.3. The molecule has 1 aliphatic rings. The van der Waals surface area contributed by atoms with Crippen LogP contribution >= 0.6 is 0 Å². The fraction of sp³-hybridized carbons (Fsp3) is 0.562. The quantitative estimate of drug-likeness (QED) is 0.918. The number of β-amino-alcohol motifs (C(OH)–C–C–N with tert-alkyl or cyclic N) is 1. The molecule has 1 fully saturated rings. The molecule has 132 valence electrons. The number of aliphatic hydroxyl groups excluding tert-OH is 1. The molecule has 3 rings (SSSR count). The van der Waals surface area contributed by atoms with E-state index in [1.807, 2.05) is 7.05 Å². The molecule has 0 aliphatic carbocycles. The van der Waals surface area contributed by atoms with E-state index in [1.165, 1.54) is 0 Å². The van der Waals surface area contributed by atoms with Gasteiger partial charge in [-0.3, -0.25) is 4.90 Å². The highest BCUT2D eigenvalue weighted by molar-refractivity contribution is 5.76. The van der Waals surface area contributed by atoms with E-state index in [1.54, 1.807) is 24.3 Å². The number of benzene rings is 1. The Kier molecular flexibility index (Phi) is 4.80. The standard InChI is InChI=1S/C16H21F3N4O/c1-21-6-8-22(9-7-21)10-12(24)11-23-14-5-3-2-4-13(14)20-15(23)16(17,18)19/h2-5,12,24H,6-11H2,1H3/t12-/m0/s1. The Bertz CT molecular complexity index is 692. The van der Waals surface area contributed by atoms with Crippen molar-refractivity contribution in [3.05, 3.63) is 30.1 Å². The predicted molar refractivity (Wildman–Crippen MR) is 84.7 cm³/mol. The second-order valence-electron chi connectivity index (χ2n) is 6.29. The number of nitrogens with zero attached hydrogens (tertiary/aromatic N) is 4. The third-order valence-corrected chi connectivity index (χ3v) is 4.37. The van der Waals surface area contributed by atoms with Gasteiger partial charge in [0.25, 0.3) is 0 Å². The molecule has 2 aromatic rings. The number of imidazole rings is 1. The van der Waals surface area contributed by atoms with E-state index in [4.69, 9.17) is 0 Å². The van der Waals surface area contributed by atoms with Crippen LogP contribution < -0.4 is 0 Å². The van der Waals surface area contributed by atoms with Crippen LogP contribution in [0.2, 0.25) is 0 Å². The Hall–Kier alpha value is -1.64. The highest BCUT2D eigenvalue weighted by atomic mass is 19.4. The van der Waals surface area contributed by atoms with Gasteiger partial charge in [0.05, 0.1) is 23.7 Å². The van der Waals surface area contributed by atoms with Crippen LogP contribution in [0.1, 0.15) is 5.82 Å². The van der Waals surface area contributed by atoms with Crippen molar-refractivity contribution in [1.82, 2.24) is 19.4 Å². The van der Waals surface area contributed by atoms with Crippen LogP contribution in [0.5, 0.6) is 0 Å². The van der Waals surface area contributed by atoms with E-state index >= 15 is 0 Å². The molecule has 1 aromatic carbocycles. The van der Waals surface area contributed by atoms with Crippen molar-refractivity contribution in [2.75, 3.05) is 39.8 Å². The fourth-order valence-corrected chi connectivity index (χ4v) is 3.07. The first-order chi connectivity index (χ1) is 11.3. The van der Waals surface area contributed by atoms with Crippen LogP contribution in [-0.2, 0) is 12.7 Å². The molecule has 2 heterocycles. The smallest absolute Gasteiger partial charge is 0.390 e. The maximum atomic E-state index is 13.3. The Balaban J connectivity index is 1.78. The Morgan fingerprint density at radius 2 is 1.79 bits per heavy atom. The maximum Gasteiger partial charge on any atom is 0.449 e. The summed E-state index contributed by atoms with van der Waals surface area (Å²) in [6.07, 6.45) is -5.43. The predicted octanol–water partition coefficient (Wildman–Crippen LogP) is 1.66. The topological polar surface area (TPSA) is 44.5 Å². The summed E-state index contributed by atoms with van der Waals surface area (Å²) < 4.78 is 40.9. The molecule has 1 atom stereocenters. The lowest BCUT2D eigenvalue weighted by molar-refractivity contribution is -0.147. The number of aliphatic hydroxyl groups is 1.